The van der Waals surface area contributed by atoms with Crippen LogP contribution in [0, 0.1) is 0 Å². The monoisotopic (exact) mass is 892 g/mol. The third-order valence-electron chi connectivity index (χ3n) is 15.0. The minimum Gasteiger partial charge on any atom is -0.228 e. The van der Waals surface area contributed by atoms with Gasteiger partial charge >= 0.3 is 0 Å². The van der Waals surface area contributed by atoms with Crippen molar-refractivity contribution >= 4 is 0 Å². The molecule has 330 valence electrons. The first kappa shape index (κ1) is 41.5. The van der Waals surface area contributed by atoms with Crippen LogP contribution in [0.25, 0.3) is 89.5 Å². The molecular formula is C68H48N2. The Labute approximate surface area is 410 Å². The predicted molar refractivity (Wildman–Crippen MR) is 290 cm³/mol. The van der Waals surface area contributed by atoms with Crippen LogP contribution in [0.1, 0.15) is 47.2 Å². The second-order valence-electron chi connectivity index (χ2n) is 19.3. The Kier molecular flexibility index (Phi) is 9.78. The van der Waals surface area contributed by atoms with Crippen molar-refractivity contribution in [2.24, 2.45) is 0 Å². The van der Waals surface area contributed by atoms with Crippen molar-refractivity contribution in [2.75, 3.05) is 0 Å². The third-order valence-corrected chi connectivity index (χ3v) is 15.0. The molecule has 0 aliphatic heterocycles. The third kappa shape index (κ3) is 6.63. The minimum atomic E-state index is -0.569. The van der Waals surface area contributed by atoms with Crippen molar-refractivity contribution < 1.29 is 0 Å². The first-order valence-electron chi connectivity index (χ1n) is 24.3. The van der Waals surface area contributed by atoms with E-state index in [4.69, 9.17) is 9.97 Å². The second kappa shape index (κ2) is 16.5. The fourth-order valence-electron chi connectivity index (χ4n) is 11.6. The van der Waals surface area contributed by atoms with E-state index in [0.717, 1.165) is 28.1 Å². The van der Waals surface area contributed by atoms with Crippen LogP contribution >= 0.6 is 0 Å². The Balaban J connectivity index is 0.964. The van der Waals surface area contributed by atoms with Crippen LogP contribution in [0.2, 0.25) is 0 Å². The fourth-order valence-corrected chi connectivity index (χ4v) is 11.6. The Morgan fingerprint density at radius 2 is 0.629 bits per heavy atom. The van der Waals surface area contributed by atoms with Crippen molar-refractivity contribution in [1.29, 1.82) is 0 Å². The predicted octanol–water partition coefficient (Wildman–Crippen LogP) is 17.1. The van der Waals surface area contributed by atoms with Gasteiger partial charge in [0.2, 0.25) is 0 Å². The first-order valence-corrected chi connectivity index (χ1v) is 24.3. The van der Waals surface area contributed by atoms with Gasteiger partial charge in [0.05, 0.1) is 16.8 Å². The summed E-state index contributed by atoms with van der Waals surface area (Å²) >= 11 is 0. The SMILES string of the molecule is CC1(C)c2ccccc2C2(c3ccc(-c4ccc(-c5ccc(-c6cccc(-c7ccccc7)c6)cc5)cc4)cc3-c3c(-c4nc(-c5ccccc5)cc(-c5ccccc5)n4)cccc32)c2ccccc21. The van der Waals surface area contributed by atoms with Gasteiger partial charge in [0, 0.05) is 22.1 Å². The highest BCUT2D eigenvalue weighted by Crippen LogP contribution is 2.63. The summed E-state index contributed by atoms with van der Waals surface area (Å²) in [5.41, 5.74) is 24.0. The number of nitrogens with zero attached hydrogens (tertiary/aromatic N) is 2. The molecule has 1 spiro atoms. The molecule has 0 unspecified atom stereocenters. The van der Waals surface area contributed by atoms with Crippen molar-refractivity contribution in [3.8, 4) is 89.5 Å². The molecule has 70 heavy (non-hydrogen) atoms. The van der Waals surface area contributed by atoms with Gasteiger partial charge < -0.3 is 0 Å². The molecule has 0 amide bonds. The Bertz CT molecular complexity index is 3650. The Hall–Kier alpha value is -8.72. The average Bonchev–Trinajstić information content (AvgIpc) is 3.74. The van der Waals surface area contributed by atoms with Gasteiger partial charge in [-0.25, -0.2) is 9.97 Å². The molecule has 0 N–H and O–H groups in total. The molecule has 13 rings (SSSR count). The van der Waals surface area contributed by atoms with Crippen LogP contribution in [0.4, 0.5) is 0 Å². The van der Waals surface area contributed by atoms with Crippen LogP contribution in [0.5, 0.6) is 0 Å². The number of fused-ring (bicyclic) bond motifs is 9. The number of hydrogen-bond donors (Lipinski definition) is 0. The topological polar surface area (TPSA) is 25.8 Å². The van der Waals surface area contributed by atoms with Crippen LogP contribution in [0.3, 0.4) is 0 Å². The summed E-state index contributed by atoms with van der Waals surface area (Å²) < 4.78 is 0. The molecule has 2 aliphatic rings. The average molecular weight is 893 g/mol. The molecule has 1 aromatic heterocycles. The summed E-state index contributed by atoms with van der Waals surface area (Å²) in [6.45, 7) is 4.76. The molecule has 2 heteroatoms. The minimum absolute atomic E-state index is 0.202. The molecule has 0 atom stereocenters. The quantitative estimate of drug-likeness (QED) is 0.159. The standard InChI is InChI=1S/C68H48N2/c1-67(2)58-27-12-14-29-60(58)68(61-30-15-13-28-59(61)67)57-41-40-54(49-38-34-47(35-39-49)46-32-36-48(37-33-46)53-25-16-24-52(42-53)45-18-6-3-7-19-45)43-56(57)65-55(26-17-31-62(65)68)66-69-63(50-20-8-4-9-21-50)44-64(70-66)51-22-10-5-11-23-51/h3-44H,1-2H3. The molecule has 1 heterocycles. The van der Waals surface area contributed by atoms with Gasteiger partial charge in [-0.15, -0.1) is 0 Å². The second-order valence-corrected chi connectivity index (χ2v) is 19.3. The highest BCUT2D eigenvalue weighted by Gasteiger charge is 2.54. The molecular weight excluding hydrogens is 845 g/mol. The van der Waals surface area contributed by atoms with E-state index in [9.17, 15) is 0 Å². The number of rotatable bonds is 7. The lowest BCUT2D eigenvalue weighted by Crippen LogP contribution is -2.40. The highest BCUT2D eigenvalue weighted by atomic mass is 14.9. The molecule has 2 aliphatic carbocycles. The maximum absolute atomic E-state index is 5.44. The zero-order valence-corrected chi connectivity index (χ0v) is 39.1. The van der Waals surface area contributed by atoms with Crippen LogP contribution in [-0.4, -0.2) is 9.97 Å². The van der Waals surface area contributed by atoms with Gasteiger partial charge in [-0.05, 0) is 107 Å². The summed E-state index contributed by atoms with van der Waals surface area (Å²) in [5.74, 6) is 0.711. The smallest absolute Gasteiger partial charge is 0.161 e. The summed E-state index contributed by atoms with van der Waals surface area (Å²) in [7, 11) is 0. The van der Waals surface area contributed by atoms with Crippen molar-refractivity contribution in [3.63, 3.8) is 0 Å². The molecule has 0 saturated heterocycles. The van der Waals surface area contributed by atoms with Crippen LogP contribution in [-0.2, 0) is 10.8 Å². The van der Waals surface area contributed by atoms with E-state index in [2.05, 4.69) is 269 Å². The van der Waals surface area contributed by atoms with E-state index in [1.165, 1.54) is 89.0 Å². The number of hydrogen-bond acceptors (Lipinski definition) is 2. The zero-order valence-electron chi connectivity index (χ0n) is 39.1. The molecule has 0 saturated carbocycles. The zero-order chi connectivity index (χ0) is 46.8. The van der Waals surface area contributed by atoms with E-state index in [1.807, 2.05) is 0 Å². The van der Waals surface area contributed by atoms with E-state index < -0.39 is 5.41 Å². The van der Waals surface area contributed by atoms with Gasteiger partial charge in [-0.2, -0.15) is 0 Å². The van der Waals surface area contributed by atoms with E-state index >= 15 is 0 Å². The summed E-state index contributed by atoms with van der Waals surface area (Å²) in [4.78, 5) is 10.9. The summed E-state index contributed by atoms with van der Waals surface area (Å²) in [6.07, 6.45) is 0. The van der Waals surface area contributed by atoms with Crippen LogP contribution < -0.4 is 0 Å². The highest BCUT2D eigenvalue weighted by molar-refractivity contribution is 5.97. The lowest BCUT2D eigenvalue weighted by atomic mass is 9.55. The van der Waals surface area contributed by atoms with Gasteiger partial charge in [-0.3, -0.25) is 0 Å². The maximum Gasteiger partial charge on any atom is 0.161 e. The van der Waals surface area contributed by atoms with Gasteiger partial charge in [0.1, 0.15) is 0 Å². The van der Waals surface area contributed by atoms with Gasteiger partial charge in [0.15, 0.2) is 5.82 Å². The summed E-state index contributed by atoms with van der Waals surface area (Å²) in [5, 5.41) is 0. The fraction of sp³-hybridized carbons (Fsp3) is 0.0588. The Morgan fingerprint density at radius 1 is 0.257 bits per heavy atom. The molecule has 0 radical (unpaired) electrons. The number of aromatic nitrogens is 2. The molecule has 0 fully saturated rings. The van der Waals surface area contributed by atoms with E-state index in [1.54, 1.807) is 0 Å². The lowest BCUT2D eigenvalue weighted by Gasteiger charge is -2.46. The Morgan fingerprint density at radius 3 is 1.14 bits per heavy atom. The number of benzene rings is 10. The first-order chi connectivity index (χ1) is 34.4. The lowest BCUT2D eigenvalue weighted by molar-refractivity contribution is 0.563. The maximum atomic E-state index is 5.44. The molecule has 11 aromatic rings. The van der Waals surface area contributed by atoms with E-state index in [0.29, 0.717) is 5.82 Å². The van der Waals surface area contributed by atoms with Crippen LogP contribution in [0.15, 0.2) is 255 Å². The molecule has 0 bridgehead atoms. The molecule has 10 aromatic carbocycles. The van der Waals surface area contributed by atoms with Crippen molar-refractivity contribution in [3.05, 3.63) is 288 Å². The normalized spacial score (nSPS) is 13.5. The van der Waals surface area contributed by atoms with E-state index in [-0.39, 0.29) is 5.41 Å². The van der Waals surface area contributed by atoms with Crippen molar-refractivity contribution in [2.45, 2.75) is 24.7 Å². The largest absolute Gasteiger partial charge is 0.228 e. The van der Waals surface area contributed by atoms with Gasteiger partial charge in [-0.1, -0.05) is 250 Å². The molecule has 2 nitrogen and oxygen atoms in total. The summed E-state index contributed by atoms with van der Waals surface area (Å²) in [6, 6.07) is 92.8. The van der Waals surface area contributed by atoms with Gasteiger partial charge in [0.25, 0.3) is 0 Å². The van der Waals surface area contributed by atoms with Crippen molar-refractivity contribution in [1.82, 2.24) is 9.97 Å².